The van der Waals surface area contributed by atoms with Gasteiger partial charge in [0, 0.05) is 42.7 Å². The van der Waals surface area contributed by atoms with Crippen LogP contribution >= 0.6 is 0 Å². The Balaban J connectivity index is 2.06. The highest BCUT2D eigenvalue weighted by molar-refractivity contribution is 5.94. The number of benzene rings is 1. The molecular weight excluding hydrogens is 350 g/mol. The van der Waals surface area contributed by atoms with E-state index in [2.05, 4.69) is 50.2 Å². The number of nitrogens with zero attached hydrogens (tertiary/aromatic N) is 3. The van der Waals surface area contributed by atoms with E-state index < -0.39 is 0 Å². The van der Waals surface area contributed by atoms with Gasteiger partial charge in [-0.15, -0.1) is 0 Å². The van der Waals surface area contributed by atoms with Gasteiger partial charge in [-0.2, -0.15) is 0 Å². The van der Waals surface area contributed by atoms with Crippen molar-refractivity contribution < 1.29 is 4.79 Å². The van der Waals surface area contributed by atoms with Crippen LogP contribution in [0, 0.1) is 5.41 Å². The number of guanidine groups is 1. The largest absolute Gasteiger partial charge is 0.356 e. The van der Waals surface area contributed by atoms with Crippen LogP contribution in [-0.4, -0.2) is 67.5 Å². The lowest BCUT2D eigenvalue weighted by atomic mass is 9.65. The standard InChI is InChI=1S/C22H37N5O/c1-8-23-20(27-16-21(2,3)22(27,4)5)25-15-17-10-9-11-18(14-17)19(28)24-12-13-26(6)7/h9-11,14H,8,12-13,15-16H2,1-7H3,(H,23,25)(H,24,28). The second kappa shape index (κ2) is 8.95. The average molecular weight is 388 g/mol. The fourth-order valence-corrected chi connectivity index (χ4v) is 3.27. The number of hydrogen-bond acceptors (Lipinski definition) is 3. The van der Waals surface area contributed by atoms with E-state index in [1.807, 2.05) is 43.3 Å². The van der Waals surface area contributed by atoms with E-state index in [4.69, 9.17) is 4.99 Å². The molecule has 6 heteroatoms. The zero-order chi connectivity index (χ0) is 20.9. The molecule has 0 spiro atoms. The number of likely N-dealkylation sites (tertiary alicyclic amines) is 1. The maximum Gasteiger partial charge on any atom is 0.251 e. The summed E-state index contributed by atoms with van der Waals surface area (Å²) in [6.07, 6.45) is 0. The summed E-state index contributed by atoms with van der Waals surface area (Å²) in [5, 5.41) is 6.38. The van der Waals surface area contributed by atoms with Gasteiger partial charge in [-0.25, -0.2) is 4.99 Å². The van der Waals surface area contributed by atoms with Gasteiger partial charge in [-0.05, 0) is 52.6 Å². The molecule has 1 saturated heterocycles. The van der Waals surface area contributed by atoms with Crippen molar-refractivity contribution in [1.29, 1.82) is 0 Å². The van der Waals surface area contributed by atoms with Gasteiger partial charge in [0.2, 0.25) is 0 Å². The zero-order valence-electron chi connectivity index (χ0n) is 18.6. The highest BCUT2D eigenvalue weighted by Gasteiger charge is 2.53. The van der Waals surface area contributed by atoms with Crippen LogP contribution in [0.2, 0.25) is 0 Å². The van der Waals surface area contributed by atoms with Gasteiger partial charge < -0.3 is 20.4 Å². The Morgan fingerprint density at radius 2 is 1.93 bits per heavy atom. The molecule has 0 aliphatic carbocycles. The molecule has 1 heterocycles. The van der Waals surface area contributed by atoms with Gasteiger partial charge in [-0.1, -0.05) is 26.0 Å². The molecule has 1 aromatic rings. The van der Waals surface area contributed by atoms with E-state index in [0.717, 1.165) is 31.2 Å². The third-order valence-electron chi connectivity index (χ3n) is 5.92. The van der Waals surface area contributed by atoms with Crippen LogP contribution in [0.3, 0.4) is 0 Å². The molecule has 1 aromatic carbocycles. The zero-order valence-corrected chi connectivity index (χ0v) is 18.6. The summed E-state index contributed by atoms with van der Waals surface area (Å²) in [7, 11) is 3.99. The summed E-state index contributed by atoms with van der Waals surface area (Å²) in [5.41, 5.74) is 2.03. The van der Waals surface area contributed by atoms with Crippen molar-refractivity contribution in [3.05, 3.63) is 35.4 Å². The molecule has 1 aliphatic heterocycles. The minimum absolute atomic E-state index is 0.0368. The van der Waals surface area contributed by atoms with Crippen molar-refractivity contribution in [2.45, 2.75) is 46.7 Å². The van der Waals surface area contributed by atoms with E-state index in [1.165, 1.54) is 0 Å². The second-order valence-electron chi connectivity index (χ2n) is 8.96. The van der Waals surface area contributed by atoms with Crippen molar-refractivity contribution in [2.24, 2.45) is 10.4 Å². The van der Waals surface area contributed by atoms with Gasteiger partial charge in [0.1, 0.15) is 0 Å². The number of hydrogen-bond donors (Lipinski definition) is 2. The maximum absolute atomic E-state index is 12.4. The third-order valence-corrected chi connectivity index (χ3v) is 5.92. The van der Waals surface area contributed by atoms with E-state index in [9.17, 15) is 4.79 Å². The van der Waals surface area contributed by atoms with Gasteiger partial charge >= 0.3 is 0 Å². The minimum Gasteiger partial charge on any atom is -0.356 e. The molecule has 2 rings (SSSR count). The summed E-state index contributed by atoms with van der Waals surface area (Å²) in [5.74, 6) is 0.901. The first kappa shape index (κ1) is 22.2. The quantitative estimate of drug-likeness (QED) is 0.558. The topological polar surface area (TPSA) is 60.0 Å². The van der Waals surface area contributed by atoms with E-state index in [-0.39, 0.29) is 16.9 Å². The first-order chi connectivity index (χ1) is 13.1. The second-order valence-corrected chi connectivity index (χ2v) is 8.96. The molecule has 0 aromatic heterocycles. The molecule has 6 nitrogen and oxygen atoms in total. The predicted octanol–water partition coefficient (Wildman–Crippen LogP) is 2.56. The first-order valence-corrected chi connectivity index (χ1v) is 10.2. The van der Waals surface area contributed by atoms with Crippen molar-refractivity contribution >= 4 is 11.9 Å². The normalized spacial score (nSPS) is 18.0. The third kappa shape index (κ3) is 5.04. The summed E-state index contributed by atoms with van der Waals surface area (Å²) >= 11 is 0. The van der Waals surface area contributed by atoms with Crippen molar-refractivity contribution in [1.82, 2.24) is 20.4 Å². The summed E-state index contributed by atoms with van der Waals surface area (Å²) in [6, 6.07) is 7.73. The molecule has 0 bridgehead atoms. The summed E-state index contributed by atoms with van der Waals surface area (Å²) in [4.78, 5) is 21.6. The number of rotatable bonds is 7. The Kier molecular flexibility index (Phi) is 7.10. The molecule has 1 aliphatic rings. The monoisotopic (exact) mass is 387 g/mol. The Hall–Kier alpha value is -2.08. The molecule has 1 fully saturated rings. The fraction of sp³-hybridized carbons (Fsp3) is 0.636. The van der Waals surface area contributed by atoms with E-state index in [0.29, 0.717) is 18.7 Å². The van der Waals surface area contributed by atoms with Crippen molar-refractivity contribution in [3.63, 3.8) is 0 Å². The Bertz CT molecular complexity index is 709. The van der Waals surface area contributed by atoms with Crippen LogP contribution in [-0.2, 0) is 6.54 Å². The number of carbonyl (C=O) groups is 1. The highest BCUT2D eigenvalue weighted by atomic mass is 16.1. The van der Waals surface area contributed by atoms with E-state index >= 15 is 0 Å². The number of amides is 1. The fourth-order valence-electron chi connectivity index (χ4n) is 3.27. The number of likely N-dealkylation sites (N-methyl/N-ethyl adjacent to an activating group) is 1. The van der Waals surface area contributed by atoms with Crippen LogP contribution in [0.25, 0.3) is 0 Å². The maximum atomic E-state index is 12.4. The summed E-state index contributed by atoms with van der Waals surface area (Å²) < 4.78 is 0. The molecule has 0 saturated carbocycles. The number of carbonyl (C=O) groups excluding carboxylic acids is 1. The summed E-state index contributed by atoms with van der Waals surface area (Å²) in [6.45, 7) is 15.0. The lowest BCUT2D eigenvalue weighted by Gasteiger charge is -2.62. The van der Waals surface area contributed by atoms with Crippen LogP contribution < -0.4 is 10.6 Å². The average Bonchev–Trinajstić information content (AvgIpc) is 2.63. The van der Waals surface area contributed by atoms with Gasteiger partial charge in [0.15, 0.2) is 5.96 Å². The Morgan fingerprint density at radius 3 is 2.50 bits per heavy atom. The molecular formula is C22H37N5O. The smallest absolute Gasteiger partial charge is 0.251 e. The first-order valence-electron chi connectivity index (χ1n) is 10.2. The van der Waals surface area contributed by atoms with Crippen LogP contribution in [0.1, 0.15) is 50.5 Å². The Morgan fingerprint density at radius 1 is 1.21 bits per heavy atom. The van der Waals surface area contributed by atoms with Gasteiger partial charge in [0.05, 0.1) is 6.54 Å². The highest BCUT2D eigenvalue weighted by Crippen LogP contribution is 2.46. The number of nitrogens with one attached hydrogen (secondary N) is 2. The molecule has 28 heavy (non-hydrogen) atoms. The molecule has 0 unspecified atom stereocenters. The van der Waals surface area contributed by atoms with Crippen molar-refractivity contribution in [3.8, 4) is 0 Å². The SMILES string of the molecule is CCNC(=NCc1cccc(C(=O)NCCN(C)C)c1)N1CC(C)(C)C1(C)C. The molecule has 156 valence electrons. The lowest BCUT2D eigenvalue weighted by Crippen LogP contribution is -2.72. The molecule has 0 atom stereocenters. The van der Waals surface area contributed by atoms with E-state index in [1.54, 1.807) is 0 Å². The number of aliphatic imine (C=N–C) groups is 1. The Labute approximate surface area is 170 Å². The van der Waals surface area contributed by atoms with Gasteiger partial charge in [0.25, 0.3) is 5.91 Å². The minimum atomic E-state index is -0.0368. The molecule has 1 amide bonds. The van der Waals surface area contributed by atoms with Crippen LogP contribution in [0.5, 0.6) is 0 Å². The van der Waals surface area contributed by atoms with Crippen molar-refractivity contribution in [2.75, 3.05) is 40.3 Å². The van der Waals surface area contributed by atoms with Crippen LogP contribution in [0.4, 0.5) is 0 Å². The van der Waals surface area contributed by atoms with Crippen LogP contribution in [0.15, 0.2) is 29.3 Å². The molecule has 2 N–H and O–H groups in total. The lowest BCUT2D eigenvalue weighted by molar-refractivity contribution is -0.0667. The van der Waals surface area contributed by atoms with Gasteiger partial charge in [-0.3, -0.25) is 4.79 Å². The predicted molar refractivity (Wildman–Crippen MR) is 117 cm³/mol. The molecule has 0 radical (unpaired) electrons.